The zero-order valence-electron chi connectivity index (χ0n) is 10.4. The summed E-state index contributed by atoms with van der Waals surface area (Å²) in [5, 5.41) is 4.25. The topological polar surface area (TPSA) is 108 Å². The molecule has 20 heavy (non-hydrogen) atoms. The van der Waals surface area contributed by atoms with Crippen LogP contribution in [-0.2, 0) is 0 Å². The lowest BCUT2D eigenvalue weighted by atomic mass is 10.2. The van der Waals surface area contributed by atoms with Gasteiger partial charge in [0.2, 0.25) is 5.95 Å². The van der Waals surface area contributed by atoms with E-state index in [0.29, 0.717) is 22.9 Å². The Labute approximate surface area is 113 Å². The lowest BCUT2D eigenvalue weighted by Crippen LogP contribution is -2.01. The van der Waals surface area contributed by atoms with Crippen LogP contribution >= 0.6 is 0 Å². The molecule has 3 aromatic heterocycles. The van der Waals surface area contributed by atoms with E-state index in [-0.39, 0.29) is 0 Å². The predicted octanol–water partition coefficient (Wildman–Crippen LogP) is 2.16. The molecule has 3 heterocycles. The fourth-order valence-electron chi connectivity index (χ4n) is 2.17. The van der Waals surface area contributed by atoms with Crippen molar-refractivity contribution < 1.29 is 0 Å². The van der Waals surface area contributed by atoms with Gasteiger partial charge in [0.05, 0.1) is 6.33 Å². The molecule has 0 aliphatic carbocycles. The van der Waals surface area contributed by atoms with Crippen LogP contribution in [0.25, 0.3) is 22.1 Å². The van der Waals surface area contributed by atoms with Crippen LogP contribution in [0.4, 0.5) is 17.5 Å². The first-order valence-electron chi connectivity index (χ1n) is 6.10. The molecule has 4 rings (SSSR count). The second kappa shape index (κ2) is 3.95. The fourth-order valence-corrected chi connectivity index (χ4v) is 2.17. The van der Waals surface area contributed by atoms with E-state index in [2.05, 4.69) is 30.2 Å². The summed E-state index contributed by atoms with van der Waals surface area (Å²) < 4.78 is 0. The van der Waals surface area contributed by atoms with Gasteiger partial charge in [-0.25, -0.2) is 4.98 Å². The number of benzene rings is 1. The third-order valence-electron chi connectivity index (χ3n) is 3.12. The van der Waals surface area contributed by atoms with Gasteiger partial charge in [0.1, 0.15) is 5.52 Å². The molecular weight excluding hydrogens is 254 g/mol. The van der Waals surface area contributed by atoms with E-state index in [0.717, 1.165) is 16.6 Å². The zero-order chi connectivity index (χ0) is 13.5. The number of rotatable bonds is 2. The molecular formula is C13H11N7. The van der Waals surface area contributed by atoms with E-state index in [1.165, 1.54) is 0 Å². The Morgan fingerprint density at radius 3 is 3.00 bits per heavy atom. The number of nitrogens with zero attached hydrogens (tertiary/aromatic N) is 3. The average molecular weight is 265 g/mol. The van der Waals surface area contributed by atoms with E-state index in [1.807, 2.05) is 30.5 Å². The molecule has 0 amide bonds. The van der Waals surface area contributed by atoms with Gasteiger partial charge < -0.3 is 21.0 Å². The van der Waals surface area contributed by atoms with Gasteiger partial charge >= 0.3 is 0 Å². The maximum atomic E-state index is 5.86. The van der Waals surface area contributed by atoms with Crippen LogP contribution in [0, 0.1) is 0 Å². The van der Waals surface area contributed by atoms with Gasteiger partial charge in [0.15, 0.2) is 11.5 Å². The Kier molecular flexibility index (Phi) is 2.13. The monoisotopic (exact) mass is 265 g/mol. The quantitative estimate of drug-likeness (QED) is 0.444. The van der Waals surface area contributed by atoms with Gasteiger partial charge in [-0.05, 0) is 24.3 Å². The van der Waals surface area contributed by atoms with E-state index in [1.54, 1.807) is 6.33 Å². The SMILES string of the molecule is Nc1nc(Nc2ccc3[nH]ccc3c2)nc2nc[nH]c12. The summed E-state index contributed by atoms with van der Waals surface area (Å²) in [7, 11) is 0. The van der Waals surface area contributed by atoms with Gasteiger partial charge in [-0.2, -0.15) is 9.97 Å². The van der Waals surface area contributed by atoms with Crippen LogP contribution < -0.4 is 11.1 Å². The van der Waals surface area contributed by atoms with Crippen molar-refractivity contribution in [2.45, 2.75) is 0 Å². The van der Waals surface area contributed by atoms with Crippen molar-refractivity contribution >= 4 is 39.5 Å². The third-order valence-corrected chi connectivity index (χ3v) is 3.12. The van der Waals surface area contributed by atoms with Crippen LogP contribution in [0.5, 0.6) is 0 Å². The van der Waals surface area contributed by atoms with E-state index in [4.69, 9.17) is 5.73 Å². The highest BCUT2D eigenvalue weighted by molar-refractivity contribution is 5.85. The molecule has 0 fully saturated rings. The van der Waals surface area contributed by atoms with Crippen molar-refractivity contribution in [2.24, 2.45) is 0 Å². The van der Waals surface area contributed by atoms with Crippen molar-refractivity contribution in [3.8, 4) is 0 Å². The summed E-state index contributed by atoms with van der Waals surface area (Å²) in [5.74, 6) is 0.801. The van der Waals surface area contributed by atoms with E-state index in [9.17, 15) is 0 Å². The highest BCUT2D eigenvalue weighted by Crippen LogP contribution is 2.22. The molecule has 98 valence electrons. The molecule has 0 bridgehead atoms. The molecule has 0 saturated carbocycles. The van der Waals surface area contributed by atoms with Crippen LogP contribution in [0.2, 0.25) is 0 Å². The zero-order valence-corrected chi connectivity index (χ0v) is 10.4. The summed E-state index contributed by atoms with van der Waals surface area (Å²) in [4.78, 5) is 18.7. The molecule has 4 aromatic rings. The summed E-state index contributed by atoms with van der Waals surface area (Å²) in [6.45, 7) is 0. The summed E-state index contributed by atoms with van der Waals surface area (Å²) in [6, 6.07) is 7.97. The minimum atomic E-state index is 0.373. The maximum Gasteiger partial charge on any atom is 0.231 e. The number of aromatic nitrogens is 5. The maximum absolute atomic E-state index is 5.86. The molecule has 0 aliphatic heterocycles. The van der Waals surface area contributed by atoms with E-state index >= 15 is 0 Å². The Bertz CT molecular complexity index is 905. The molecule has 5 N–H and O–H groups in total. The molecule has 0 radical (unpaired) electrons. The predicted molar refractivity (Wildman–Crippen MR) is 77.7 cm³/mol. The van der Waals surface area contributed by atoms with Crippen LogP contribution in [0.3, 0.4) is 0 Å². The number of H-pyrrole nitrogens is 2. The van der Waals surface area contributed by atoms with Crippen molar-refractivity contribution in [2.75, 3.05) is 11.1 Å². The summed E-state index contributed by atoms with van der Waals surface area (Å²) in [5.41, 5.74) is 9.03. The molecule has 7 nitrogen and oxygen atoms in total. The highest BCUT2D eigenvalue weighted by Gasteiger charge is 2.07. The van der Waals surface area contributed by atoms with Gasteiger partial charge in [-0.15, -0.1) is 0 Å². The molecule has 0 unspecified atom stereocenters. The minimum absolute atomic E-state index is 0.373. The van der Waals surface area contributed by atoms with Crippen LogP contribution in [0.1, 0.15) is 0 Å². The number of nitrogens with two attached hydrogens (primary N) is 1. The molecule has 0 saturated heterocycles. The number of hydrogen-bond acceptors (Lipinski definition) is 5. The second-order valence-electron chi connectivity index (χ2n) is 4.44. The lowest BCUT2D eigenvalue weighted by Gasteiger charge is -2.05. The van der Waals surface area contributed by atoms with Crippen molar-refractivity contribution in [1.82, 2.24) is 24.9 Å². The van der Waals surface area contributed by atoms with Crippen LogP contribution in [-0.4, -0.2) is 24.9 Å². The Morgan fingerprint density at radius 1 is 1.10 bits per heavy atom. The molecule has 7 heteroatoms. The molecule has 1 aromatic carbocycles. The van der Waals surface area contributed by atoms with Gasteiger partial charge in [0.25, 0.3) is 0 Å². The fraction of sp³-hybridized carbons (Fsp3) is 0. The number of aromatic amines is 2. The number of hydrogen-bond donors (Lipinski definition) is 4. The van der Waals surface area contributed by atoms with Crippen molar-refractivity contribution in [1.29, 1.82) is 0 Å². The number of anilines is 3. The molecule has 0 atom stereocenters. The minimum Gasteiger partial charge on any atom is -0.382 e. The smallest absolute Gasteiger partial charge is 0.231 e. The number of nitrogens with one attached hydrogen (secondary N) is 3. The molecule has 0 aliphatic rings. The normalized spacial score (nSPS) is 11.2. The number of nitrogen functional groups attached to an aromatic ring is 1. The Hall–Kier alpha value is -3.09. The highest BCUT2D eigenvalue weighted by atomic mass is 15.2. The Morgan fingerprint density at radius 2 is 2.05 bits per heavy atom. The average Bonchev–Trinajstić information content (AvgIpc) is 3.06. The number of imidazole rings is 1. The largest absolute Gasteiger partial charge is 0.382 e. The van der Waals surface area contributed by atoms with Crippen molar-refractivity contribution in [3.05, 3.63) is 36.8 Å². The standard InChI is InChI=1S/C13H11N7/c14-11-10-12(17-6-16-10)20-13(19-11)18-8-1-2-9-7(5-8)3-4-15-9/h1-6,15H,(H4,14,16,17,18,19,20). The first-order valence-corrected chi connectivity index (χ1v) is 6.10. The third kappa shape index (κ3) is 1.64. The van der Waals surface area contributed by atoms with Gasteiger partial charge in [0, 0.05) is 22.8 Å². The Balaban J connectivity index is 1.75. The van der Waals surface area contributed by atoms with Crippen LogP contribution in [0.15, 0.2) is 36.8 Å². The first-order chi connectivity index (χ1) is 9.79. The first kappa shape index (κ1) is 10.8. The second-order valence-corrected chi connectivity index (χ2v) is 4.44. The van der Waals surface area contributed by atoms with E-state index < -0.39 is 0 Å². The summed E-state index contributed by atoms with van der Waals surface area (Å²) >= 11 is 0. The number of fused-ring (bicyclic) bond motifs is 2. The summed E-state index contributed by atoms with van der Waals surface area (Å²) in [6.07, 6.45) is 3.45. The lowest BCUT2D eigenvalue weighted by molar-refractivity contribution is 1.20. The van der Waals surface area contributed by atoms with Gasteiger partial charge in [-0.1, -0.05) is 0 Å². The van der Waals surface area contributed by atoms with Gasteiger partial charge in [-0.3, -0.25) is 0 Å². The van der Waals surface area contributed by atoms with Crippen molar-refractivity contribution in [3.63, 3.8) is 0 Å². The molecule has 0 spiro atoms.